The van der Waals surface area contributed by atoms with Crippen LogP contribution in [-0.4, -0.2) is 21.9 Å². The van der Waals surface area contributed by atoms with Crippen molar-refractivity contribution in [3.63, 3.8) is 0 Å². The predicted octanol–water partition coefficient (Wildman–Crippen LogP) is 6.43. The summed E-state index contributed by atoms with van der Waals surface area (Å²) in [6.45, 7) is 6.54. The number of rotatable bonds is 6. The van der Waals surface area contributed by atoms with Crippen molar-refractivity contribution < 1.29 is 9.21 Å². The van der Waals surface area contributed by atoms with Gasteiger partial charge in [-0.15, -0.1) is 22.0 Å². The van der Waals surface area contributed by atoms with Crippen molar-refractivity contribution >= 4 is 23.4 Å². The number of amides is 1. The van der Waals surface area contributed by atoms with E-state index in [4.69, 9.17) is 4.42 Å². The molecule has 0 radical (unpaired) electrons. The highest BCUT2D eigenvalue weighted by Crippen LogP contribution is 2.28. The van der Waals surface area contributed by atoms with E-state index in [1.807, 2.05) is 66.7 Å². The maximum atomic E-state index is 12.3. The van der Waals surface area contributed by atoms with Gasteiger partial charge in [0.15, 0.2) is 0 Å². The molecular formula is C26H25N3O2S. The standard InChI is InChI=1S/C26H25N3O2S/c1-26(2,3)20-14-12-18(13-15-20)24-28-29-25(31-24)19-8-7-9-21(16-19)27-23(30)17-32-22-10-5-4-6-11-22/h4-16H,17H2,1-3H3,(H,27,30). The van der Waals surface area contributed by atoms with Crippen molar-refractivity contribution in [1.82, 2.24) is 10.2 Å². The number of carbonyl (C=O) groups excluding carboxylic acids is 1. The second kappa shape index (κ2) is 9.40. The Morgan fingerprint density at radius 3 is 2.25 bits per heavy atom. The molecule has 162 valence electrons. The number of nitrogens with zero attached hydrogens (tertiary/aromatic N) is 2. The van der Waals surface area contributed by atoms with E-state index in [9.17, 15) is 4.79 Å². The summed E-state index contributed by atoms with van der Waals surface area (Å²) in [6.07, 6.45) is 0. The molecule has 1 heterocycles. The molecule has 0 saturated heterocycles. The van der Waals surface area contributed by atoms with Gasteiger partial charge in [0.05, 0.1) is 5.75 Å². The normalized spacial score (nSPS) is 11.3. The quantitative estimate of drug-likeness (QED) is 0.348. The largest absolute Gasteiger partial charge is 0.416 e. The zero-order valence-electron chi connectivity index (χ0n) is 18.3. The van der Waals surface area contributed by atoms with Gasteiger partial charge in [-0.3, -0.25) is 4.79 Å². The molecule has 3 aromatic carbocycles. The highest BCUT2D eigenvalue weighted by molar-refractivity contribution is 8.00. The zero-order chi connectivity index (χ0) is 22.6. The molecule has 0 fully saturated rings. The van der Waals surface area contributed by atoms with Gasteiger partial charge in [0.2, 0.25) is 17.7 Å². The molecule has 0 bridgehead atoms. The second-order valence-electron chi connectivity index (χ2n) is 8.47. The third-order valence-corrected chi connectivity index (χ3v) is 5.94. The van der Waals surface area contributed by atoms with Crippen molar-refractivity contribution in [2.75, 3.05) is 11.1 Å². The molecule has 0 aliphatic carbocycles. The van der Waals surface area contributed by atoms with Gasteiger partial charge in [-0.05, 0) is 53.4 Å². The molecular weight excluding hydrogens is 418 g/mol. The van der Waals surface area contributed by atoms with Crippen LogP contribution < -0.4 is 5.32 Å². The summed E-state index contributed by atoms with van der Waals surface area (Å²) in [5.41, 5.74) is 3.65. The van der Waals surface area contributed by atoms with Crippen LogP contribution in [0, 0.1) is 0 Å². The molecule has 0 saturated carbocycles. The van der Waals surface area contributed by atoms with E-state index >= 15 is 0 Å². The van der Waals surface area contributed by atoms with Gasteiger partial charge in [0, 0.05) is 21.7 Å². The SMILES string of the molecule is CC(C)(C)c1ccc(-c2nnc(-c3cccc(NC(=O)CSc4ccccc4)c3)o2)cc1. The first-order chi connectivity index (χ1) is 15.4. The molecule has 0 spiro atoms. The number of nitrogens with one attached hydrogen (secondary N) is 1. The number of aromatic nitrogens is 2. The van der Waals surface area contributed by atoms with Crippen LogP contribution in [0.15, 0.2) is 88.2 Å². The van der Waals surface area contributed by atoms with Gasteiger partial charge in [0.1, 0.15) is 0 Å². The van der Waals surface area contributed by atoms with E-state index in [1.165, 1.54) is 17.3 Å². The lowest BCUT2D eigenvalue weighted by Crippen LogP contribution is -2.13. The van der Waals surface area contributed by atoms with Gasteiger partial charge in [0.25, 0.3) is 0 Å². The first-order valence-electron chi connectivity index (χ1n) is 10.4. The average molecular weight is 444 g/mol. The highest BCUT2D eigenvalue weighted by Gasteiger charge is 2.15. The Hall–Kier alpha value is -3.38. The fourth-order valence-corrected chi connectivity index (χ4v) is 3.88. The smallest absolute Gasteiger partial charge is 0.248 e. The van der Waals surface area contributed by atoms with Crippen molar-refractivity contribution in [3.8, 4) is 22.9 Å². The summed E-state index contributed by atoms with van der Waals surface area (Å²) < 4.78 is 5.91. The molecule has 4 rings (SSSR count). The summed E-state index contributed by atoms with van der Waals surface area (Å²) >= 11 is 1.50. The van der Waals surface area contributed by atoms with Gasteiger partial charge >= 0.3 is 0 Å². The fourth-order valence-electron chi connectivity index (χ4n) is 3.16. The summed E-state index contributed by atoms with van der Waals surface area (Å²) in [5, 5.41) is 11.3. The number of benzene rings is 3. The lowest BCUT2D eigenvalue weighted by Gasteiger charge is -2.18. The van der Waals surface area contributed by atoms with Crippen molar-refractivity contribution in [1.29, 1.82) is 0 Å². The summed E-state index contributed by atoms with van der Waals surface area (Å²) in [4.78, 5) is 13.4. The maximum Gasteiger partial charge on any atom is 0.248 e. The summed E-state index contributed by atoms with van der Waals surface area (Å²) in [5.74, 6) is 1.15. The topological polar surface area (TPSA) is 68.0 Å². The Kier molecular flexibility index (Phi) is 6.42. The highest BCUT2D eigenvalue weighted by atomic mass is 32.2. The van der Waals surface area contributed by atoms with Crippen LogP contribution in [0.1, 0.15) is 26.3 Å². The Bertz CT molecular complexity index is 1200. The summed E-state index contributed by atoms with van der Waals surface area (Å²) in [7, 11) is 0. The Morgan fingerprint density at radius 2 is 1.56 bits per heavy atom. The predicted molar refractivity (Wildman–Crippen MR) is 130 cm³/mol. The van der Waals surface area contributed by atoms with Gasteiger partial charge in [-0.1, -0.05) is 57.2 Å². The van der Waals surface area contributed by atoms with Crippen LogP contribution in [-0.2, 0) is 10.2 Å². The van der Waals surface area contributed by atoms with Crippen molar-refractivity contribution in [2.24, 2.45) is 0 Å². The summed E-state index contributed by atoms with van der Waals surface area (Å²) in [6, 6.07) is 25.4. The van der Waals surface area contributed by atoms with Gasteiger partial charge in [-0.2, -0.15) is 0 Å². The van der Waals surface area contributed by atoms with Crippen molar-refractivity contribution in [3.05, 3.63) is 84.4 Å². The van der Waals surface area contributed by atoms with Crippen LogP contribution in [0.4, 0.5) is 5.69 Å². The lowest BCUT2D eigenvalue weighted by molar-refractivity contribution is -0.113. The molecule has 0 atom stereocenters. The number of anilines is 1. The fraction of sp³-hybridized carbons (Fsp3) is 0.192. The van der Waals surface area contributed by atoms with Gasteiger partial charge < -0.3 is 9.73 Å². The van der Waals surface area contributed by atoms with Gasteiger partial charge in [-0.25, -0.2) is 0 Å². The van der Waals surface area contributed by atoms with E-state index in [-0.39, 0.29) is 11.3 Å². The molecule has 0 unspecified atom stereocenters. The minimum absolute atomic E-state index is 0.0684. The molecule has 0 aliphatic heterocycles. The van der Waals surface area contributed by atoms with E-state index < -0.39 is 0 Å². The Morgan fingerprint density at radius 1 is 0.875 bits per heavy atom. The van der Waals surface area contributed by atoms with Crippen LogP contribution >= 0.6 is 11.8 Å². The second-order valence-corrected chi connectivity index (χ2v) is 9.52. The molecule has 6 heteroatoms. The van der Waals surface area contributed by atoms with E-state index in [1.54, 1.807) is 0 Å². The monoisotopic (exact) mass is 443 g/mol. The number of carbonyl (C=O) groups is 1. The Labute approximate surface area is 192 Å². The average Bonchev–Trinajstić information content (AvgIpc) is 3.29. The minimum atomic E-state index is -0.0684. The third kappa shape index (κ3) is 5.45. The van der Waals surface area contributed by atoms with E-state index in [0.29, 0.717) is 23.2 Å². The van der Waals surface area contributed by atoms with E-state index in [2.05, 4.69) is 48.4 Å². The zero-order valence-corrected chi connectivity index (χ0v) is 19.1. The van der Waals surface area contributed by atoms with Crippen molar-refractivity contribution in [2.45, 2.75) is 31.1 Å². The first-order valence-corrected chi connectivity index (χ1v) is 11.4. The number of hydrogen-bond donors (Lipinski definition) is 1. The molecule has 32 heavy (non-hydrogen) atoms. The molecule has 0 aliphatic rings. The molecule has 1 N–H and O–H groups in total. The van der Waals surface area contributed by atoms with E-state index in [0.717, 1.165) is 16.0 Å². The number of thioether (sulfide) groups is 1. The van der Waals surface area contributed by atoms with Crippen LogP contribution in [0.5, 0.6) is 0 Å². The molecule has 5 nitrogen and oxygen atoms in total. The first kappa shape index (κ1) is 21.8. The minimum Gasteiger partial charge on any atom is -0.416 e. The number of hydrogen-bond acceptors (Lipinski definition) is 5. The maximum absolute atomic E-state index is 12.3. The third-order valence-electron chi connectivity index (χ3n) is 4.93. The molecule has 4 aromatic rings. The Balaban J connectivity index is 1.43. The van der Waals surface area contributed by atoms with Crippen LogP contribution in [0.2, 0.25) is 0 Å². The van der Waals surface area contributed by atoms with Crippen LogP contribution in [0.25, 0.3) is 22.9 Å². The molecule has 1 amide bonds. The lowest BCUT2D eigenvalue weighted by atomic mass is 9.87. The molecule has 1 aromatic heterocycles. The van der Waals surface area contributed by atoms with Crippen LogP contribution in [0.3, 0.4) is 0 Å².